The van der Waals surface area contributed by atoms with Gasteiger partial charge in [-0.05, 0) is 17.7 Å². The Morgan fingerprint density at radius 3 is 2.46 bits per heavy atom. The van der Waals surface area contributed by atoms with Crippen LogP contribution < -0.4 is 15.4 Å². The SMILES string of the molecule is COc1cc(NC(=O)CCNC(=O)N(C)Cc2ccccc2)ccc1C(=O)O. The number of carboxylic acid groups (broad SMARTS) is 1. The normalized spacial score (nSPS) is 10.1. The molecule has 0 aromatic heterocycles. The minimum Gasteiger partial charge on any atom is -0.496 e. The number of urea groups is 1. The van der Waals surface area contributed by atoms with Crippen molar-refractivity contribution >= 4 is 23.6 Å². The smallest absolute Gasteiger partial charge is 0.339 e. The van der Waals surface area contributed by atoms with Gasteiger partial charge in [0.2, 0.25) is 5.91 Å². The van der Waals surface area contributed by atoms with Gasteiger partial charge >= 0.3 is 12.0 Å². The van der Waals surface area contributed by atoms with Crippen molar-refractivity contribution in [1.82, 2.24) is 10.2 Å². The summed E-state index contributed by atoms with van der Waals surface area (Å²) >= 11 is 0. The van der Waals surface area contributed by atoms with Crippen LogP contribution in [-0.2, 0) is 11.3 Å². The van der Waals surface area contributed by atoms with Gasteiger partial charge in [0.15, 0.2) is 0 Å². The average Bonchev–Trinajstić information content (AvgIpc) is 2.68. The number of carbonyl (C=O) groups is 3. The van der Waals surface area contributed by atoms with Gasteiger partial charge in [-0.25, -0.2) is 9.59 Å². The Labute approximate surface area is 163 Å². The molecule has 2 aromatic rings. The van der Waals surface area contributed by atoms with Gasteiger partial charge in [0.1, 0.15) is 11.3 Å². The molecule has 0 aliphatic heterocycles. The molecule has 0 atom stereocenters. The summed E-state index contributed by atoms with van der Waals surface area (Å²) in [5.74, 6) is -1.27. The minimum absolute atomic E-state index is 0.00853. The third-order valence-corrected chi connectivity index (χ3v) is 3.95. The average molecular weight is 385 g/mol. The predicted molar refractivity (Wildman–Crippen MR) is 105 cm³/mol. The molecule has 0 heterocycles. The van der Waals surface area contributed by atoms with Crippen LogP contribution in [0.3, 0.4) is 0 Å². The largest absolute Gasteiger partial charge is 0.496 e. The van der Waals surface area contributed by atoms with Crippen molar-refractivity contribution in [2.24, 2.45) is 0 Å². The maximum atomic E-state index is 12.1. The van der Waals surface area contributed by atoms with Crippen LogP contribution in [0.1, 0.15) is 22.3 Å². The van der Waals surface area contributed by atoms with E-state index in [1.165, 1.54) is 30.2 Å². The van der Waals surface area contributed by atoms with Crippen LogP contribution in [0.5, 0.6) is 5.75 Å². The lowest BCUT2D eigenvalue weighted by Crippen LogP contribution is -2.38. The molecule has 0 aliphatic rings. The first-order chi connectivity index (χ1) is 13.4. The maximum absolute atomic E-state index is 12.1. The van der Waals surface area contributed by atoms with Crippen molar-refractivity contribution in [3.63, 3.8) is 0 Å². The Balaban J connectivity index is 1.79. The molecule has 8 nitrogen and oxygen atoms in total. The monoisotopic (exact) mass is 385 g/mol. The highest BCUT2D eigenvalue weighted by atomic mass is 16.5. The molecular formula is C20H23N3O5. The summed E-state index contributed by atoms with van der Waals surface area (Å²) in [5, 5.41) is 14.4. The summed E-state index contributed by atoms with van der Waals surface area (Å²) in [6.07, 6.45) is 0.0773. The number of anilines is 1. The van der Waals surface area contributed by atoms with Crippen LogP contribution >= 0.6 is 0 Å². The van der Waals surface area contributed by atoms with Crippen molar-refractivity contribution < 1.29 is 24.2 Å². The Morgan fingerprint density at radius 2 is 1.82 bits per heavy atom. The van der Waals surface area contributed by atoms with Crippen LogP contribution in [0.4, 0.5) is 10.5 Å². The zero-order valence-corrected chi connectivity index (χ0v) is 15.8. The highest BCUT2D eigenvalue weighted by Crippen LogP contribution is 2.23. The number of carbonyl (C=O) groups excluding carboxylic acids is 2. The molecular weight excluding hydrogens is 362 g/mol. The van der Waals surface area contributed by atoms with Crippen LogP contribution in [0.15, 0.2) is 48.5 Å². The molecule has 148 valence electrons. The molecule has 3 N–H and O–H groups in total. The van der Waals surface area contributed by atoms with Gasteiger partial charge in [0.05, 0.1) is 7.11 Å². The van der Waals surface area contributed by atoms with E-state index in [9.17, 15) is 14.4 Å². The van der Waals surface area contributed by atoms with Gasteiger partial charge < -0.3 is 25.4 Å². The molecule has 8 heteroatoms. The molecule has 3 amide bonds. The fraction of sp³-hybridized carbons (Fsp3) is 0.250. The van der Waals surface area contributed by atoms with Gasteiger partial charge in [-0.15, -0.1) is 0 Å². The second-order valence-corrected chi connectivity index (χ2v) is 6.09. The van der Waals surface area contributed by atoms with Crippen LogP contribution in [0, 0.1) is 0 Å². The van der Waals surface area contributed by atoms with E-state index in [0.717, 1.165) is 5.56 Å². The zero-order chi connectivity index (χ0) is 20.5. The van der Waals surface area contributed by atoms with Gasteiger partial charge in [-0.2, -0.15) is 0 Å². The summed E-state index contributed by atoms with van der Waals surface area (Å²) in [6, 6.07) is 13.6. The van der Waals surface area contributed by atoms with Crippen LogP contribution in [0.2, 0.25) is 0 Å². The molecule has 28 heavy (non-hydrogen) atoms. The molecule has 0 radical (unpaired) electrons. The summed E-state index contributed by atoms with van der Waals surface area (Å²) < 4.78 is 5.02. The number of hydrogen-bond donors (Lipinski definition) is 3. The molecule has 0 saturated carbocycles. The van der Waals surface area contributed by atoms with Crippen LogP contribution in [0.25, 0.3) is 0 Å². The van der Waals surface area contributed by atoms with Crippen molar-refractivity contribution in [2.75, 3.05) is 26.0 Å². The summed E-state index contributed by atoms with van der Waals surface area (Å²) in [5.41, 5.74) is 1.44. The van der Waals surface area contributed by atoms with Crippen LogP contribution in [-0.4, -0.2) is 48.6 Å². The second-order valence-electron chi connectivity index (χ2n) is 6.09. The quantitative estimate of drug-likeness (QED) is 0.647. The maximum Gasteiger partial charge on any atom is 0.339 e. The number of benzene rings is 2. The number of nitrogens with zero attached hydrogens (tertiary/aromatic N) is 1. The number of ether oxygens (including phenoxy) is 1. The lowest BCUT2D eigenvalue weighted by atomic mass is 10.2. The van der Waals surface area contributed by atoms with E-state index < -0.39 is 5.97 Å². The Morgan fingerprint density at radius 1 is 1.11 bits per heavy atom. The summed E-state index contributed by atoms with van der Waals surface area (Å²) in [7, 11) is 3.04. The molecule has 2 aromatic carbocycles. The van der Waals surface area contributed by atoms with Gasteiger partial charge in [-0.1, -0.05) is 30.3 Å². The second kappa shape index (κ2) is 9.96. The van der Waals surface area contributed by atoms with E-state index in [-0.39, 0.29) is 36.2 Å². The van der Waals surface area contributed by atoms with Crippen molar-refractivity contribution in [1.29, 1.82) is 0 Å². The van der Waals surface area contributed by atoms with E-state index in [0.29, 0.717) is 12.2 Å². The fourth-order valence-electron chi connectivity index (χ4n) is 2.52. The standard InChI is InChI=1S/C20H23N3O5/c1-23(13-14-6-4-3-5-7-14)20(27)21-11-10-18(24)22-15-8-9-16(19(25)26)17(12-15)28-2/h3-9,12H,10-11,13H2,1-2H3,(H,21,27)(H,22,24)(H,25,26). The van der Waals surface area contributed by atoms with Crippen molar-refractivity contribution in [3.05, 3.63) is 59.7 Å². The molecule has 0 spiro atoms. The summed E-state index contributed by atoms with van der Waals surface area (Å²) in [6.45, 7) is 0.642. The van der Waals surface area contributed by atoms with Gasteiger partial charge in [-0.3, -0.25) is 4.79 Å². The van der Waals surface area contributed by atoms with Gasteiger partial charge in [0, 0.05) is 38.3 Å². The Kier molecular flexibility index (Phi) is 7.38. The van der Waals surface area contributed by atoms with Crippen molar-refractivity contribution in [3.8, 4) is 5.75 Å². The number of carboxylic acids is 1. The molecule has 0 bridgehead atoms. The van der Waals surface area contributed by atoms with E-state index in [1.807, 2.05) is 30.3 Å². The number of nitrogens with one attached hydrogen (secondary N) is 2. The van der Waals surface area contributed by atoms with E-state index in [2.05, 4.69) is 10.6 Å². The highest BCUT2D eigenvalue weighted by Gasteiger charge is 2.13. The first-order valence-corrected chi connectivity index (χ1v) is 8.64. The number of amides is 3. The van der Waals surface area contributed by atoms with E-state index in [1.54, 1.807) is 7.05 Å². The van der Waals surface area contributed by atoms with Gasteiger partial charge in [0.25, 0.3) is 0 Å². The molecule has 0 fully saturated rings. The minimum atomic E-state index is -1.11. The topological polar surface area (TPSA) is 108 Å². The highest BCUT2D eigenvalue weighted by molar-refractivity contribution is 5.94. The van der Waals surface area contributed by atoms with Crippen molar-refractivity contribution in [2.45, 2.75) is 13.0 Å². The number of aromatic carboxylic acids is 1. The molecule has 0 unspecified atom stereocenters. The Hall–Kier alpha value is -3.55. The zero-order valence-electron chi connectivity index (χ0n) is 15.8. The third kappa shape index (κ3) is 6.01. The predicted octanol–water partition coefficient (Wildman–Crippen LogP) is 2.56. The molecule has 2 rings (SSSR count). The van der Waals surface area contributed by atoms with E-state index in [4.69, 9.17) is 9.84 Å². The Bertz CT molecular complexity index is 839. The van der Waals surface area contributed by atoms with E-state index >= 15 is 0 Å². The summed E-state index contributed by atoms with van der Waals surface area (Å²) in [4.78, 5) is 36.7. The molecule has 0 aliphatic carbocycles. The lowest BCUT2D eigenvalue weighted by Gasteiger charge is -2.18. The third-order valence-electron chi connectivity index (χ3n) is 3.95. The first kappa shape index (κ1) is 20.8. The number of hydrogen-bond acceptors (Lipinski definition) is 4. The lowest BCUT2D eigenvalue weighted by molar-refractivity contribution is -0.116. The fourth-order valence-corrected chi connectivity index (χ4v) is 2.52. The number of methoxy groups -OCH3 is 1. The number of rotatable bonds is 8. The first-order valence-electron chi connectivity index (χ1n) is 8.64. The molecule has 0 saturated heterocycles.